The predicted octanol–water partition coefficient (Wildman–Crippen LogP) is 1.86. The summed E-state index contributed by atoms with van der Waals surface area (Å²) in [5.74, 6) is -0.376. The van der Waals surface area contributed by atoms with Crippen molar-refractivity contribution in [3.8, 4) is 11.8 Å². The third kappa shape index (κ3) is 4.87. The molecule has 0 saturated heterocycles. The number of nitriles is 1. The summed E-state index contributed by atoms with van der Waals surface area (Å²) >= 11 is 0. The van der Waals surface area contributed by atoms with Gasteiger partial charge in [0, 0.05) is 6.54 Å². The van der Waals surface area contributed by atoms with Crippen molar-refractivity contribution in [3.05, 3.63) is 86.6 Å². The van der Waals surface area contributed by atoms with Crippen molar-refractivity contribution in [2.75, 3.05) is 23.8 Å². The molecular weight excluding hydrogens is 410 g/mol. The standard InChI is InChI=1S/C23H23N5O4/c1-2-12-27(19(29)15-32-18-11-7-6-10-17(18)13-24)20-21(25)28(23(31)26-22(20)30)14-16-8-4-3-5-9-16/h3-11H,2,12,14-15,25H2,1H3,(H,26,30,31). The number of amides is 1. The minimum Gasteiger partial charge on any atom is -0.482 e. The first-order chi connectivity index (χ1) is 15.5. The molecule has 0 bridgehead atoms. The monoisotopic (exact) mass is 433 g/mol. The number of nitrogens with one attached hydrogen (secondary N) is 1. The lowest BCUT2D eigenvalue weighted by atomic mass is 10.2. The molecule has 0 atom stereocenters. The zero-order chi connectivity index (χ0) is 23.1. The van der Waals surface area contributed by atoms with Crippen molar-refractivity contribution < 1.29 is 9.53 Å². The van der Waals surface area contributed by atoms with Crippen LogP contribution in [0.1, 0.15) is 24.5 Å². The van der Waals surface area contributed by atoms with E-state index in [-0.39, 0.29) is 35.9 Å². The molecule has 2 aromatic carbocycles. The van der Waals surface area contributed by atoms with Gasteiger partial charge in [0.25, 0.3) is 11.5 Å². The van der Waals surface area contributed by atoms with Gasteiger partial charge in [-0.05, 0) is 24.1 Å². The van der Waals surface area contributed by atoms with E-state index in [0.717, 1.165) is 5.56 Å². The number of hydrogen-bond donors (Lipinski definition) is 2. The van der Waals surface area contributed by atoms with Crippen LogP contribution in [0.3, 0.4) is 0 Å². The Kier molecular flexibility index (Phi) is 7.08. The summed E-state index contributed by atoms with van der Waals surface area (Å²) in [6.07, 6.45) is 0.539. The van der Waals surface area contributed by atoms with Crippen LogP contribution in [0.25, 0.3) is 0 Å². The SMILES string of the molecule is CCCN(C(=O)COc1ccccc1C#N)c1c(N)n(Cc2ccccc2)c(=O)[nH]c1=O. The number of anilines is 2. The van der Waals surface area contributed by atoms with E-state index in [0.29, 0.717) is 6.42 Å². The van der Waals surface area contributed by atoms with Gasteiger partial charge in [0.1, 0.15) is 17.6 Å². The summed E-state index contributed by atoms with van der Waals surface area (Å²) in [6.45, 7) is 1.76. The molecule has 1 amide bonds. The van der Waals surface area contributed by atoms with Gasteiger partial charge in [-0.15, -0.1) is 0 Å². The highest BCUT2D eigenvalue weighted by Crippen LogP contribution is 2.20. The Balaban J connectivity index is 1.94. The van der Waals surface area contributed by atoms with Crippen molar-refractivity contribution >= 4 is 17.4 Å². The second-order valence-corrected chi connectivity index (χ2v) is 7.01. The number of carbonyl (C=O) groups excluding carboxylic acids is 1. The van der Waals surface area contributed by atoms with Crippen LogP contribution < -0.4 is 26.6 Å². The molecule has 3 N–H and O–H groups in total. The predicted molar refractivity (Wildman–Crippen MR) is 121 cm³/mol. The number of ether oxygens (including phenoxy) is 1. The molecule has 0 fully saturated rings. The maximum absolute atomic E-state index is 13.0. The molecule has 0 aliphatic carbocycles. The van der Waals surface area contributed by atoms with Crippen LogP contribution in [0.4, 0.5) is 11.5 Å². The summed E-state index contributed by atoms with van der Waals surface area (Å²) in [5, 5.41) is 9.19. The Labute approximate surface area is 184 Å². The van der Waals surface area contributed by atoms with E-state index in [1.54, 1.807) is 24.3 Å². The first-order valence-corrected chi connectivity index (χ1v) is 10.0. The number of rotatable bonds is 8. The first kappa shape index (κ1) is 22.4. The van der Waals surface area contributed by atoms with Gasteiger partial charge in [0.2, 0.25) is 0 Å². The van der Waals surface area contributed by atoms with E-state index in [9.17, 15) is 19.6 Å². The fourth-order valence-electron chi connectivity index (χ4n) is 3.25. The third-order valence-electron chi connectivity index (χ3n) is 4.77. The van der Waals surface area contributed by atoms with E-state index in [1.165, 1.54) is 9.47 Å². The number of benzene rings is 2. The molecule has 1 aromatic heterocycles. The zero-order valence-corrected chi connectivity index (χ0v) is 17.6. The lowest BCUT2D eigenvalue weighted by Gasteiger charge is -2.24. The first-order valence-electron chi connectivity index (χ1n) is 10.0. The van der Waals surface area contributed by atoms with Crippen LogP contribution in [0, 0.1) is 11.3 Å². The Morgan fingerprint density at radius 3 is 2.53 bits per heavy atom. The Bertz CT molecular complexity index is 1260. The number of nitrogen functional groups attached to an aromatic ring is 1. The number of aromatic nitrogens is 2. The summed E-state index contributed by atoms with van der Waals surface area (Å²) in [6, 6.07) is 17.7. The highest BCUT2D eigenvalue weighted by atomic mass is 16.5. The molecule has 1 heterocycles. The largest absolute Gasteiger partial charge is 0.482 e. The average Bonchev–Trinajstić information content (AvgIpc) is 2.80. The topological polar surface area (TPSA) is 134 Å². The van der Waals surface area contributed by atoms with Crippen LogP contribution in [-0.4, -0.2) is 28.6 Å². The van der Waals surface area contributed by atoms with Crippen LogP contribution >= 0.6 is 0 Å². The number of nitrogens with zero attached hydrogens (tertiary/aromatic N) is 3. The molecule has 9 heteroatoms. The van der Waals surface area contributed by atoms with Gasteiger partial charge in [0.15, 0.2) is 12.3 Å². The highest BCUT2D eigenvalue weighted by Gasteiger charge is 2.24. The third-order valence-corrected chi connectivity index (χ3v) is 4.77. The van der Waals surface area contributed by atoms with E-state index in [2.05, 4.69) is 4.98 Å². The van der Waals surface area contributed by atoms with Gasteiger partial charge in [-0.2, -0.15) is 5.26 Å². The van der Waals surface area contributed by atoms with Gasteiger partial charge in [0.05, 0.1) is 12.1 Å². The number of carbonyl (C=O) groups is 1. The number of aromatic amines is 1. The summed E-state index contributed by atoms with van der Waals surface area (Å²) in [7, 11) is 0. The molecule has 0 aliphatic heterocycles. The molecular formula is C23H23N5O4. The number of H-pyrrole nitrogens is 1. The molecule has 3 aromatic rings. The van der Waals surface area contributed by atoms with Crippen LogP contribution in [0.15, 0.2) is 64.2 Å². The Morgan fingerprint density at radius 1 is 1.16 bits per heavy atom. The van der Waals surface area contributed by atoms with Gasteiger partial charge >= 0.3 is 5.69 Å². The fourth-order valence-corrected chi connectivity index (χ4v) is 3.25. The maximum atomic E-state index is 13.0. The number of nitrogens with two attached hydrogens (primary N) is 1. The van der Waals surface area contributed by atoms with Crippen molar-refractivity contribution in [1.29, 1.82) is 5.26 Å². The quantitative estimate of drug-likeness (QED) is 0.557. The number of hydrogen-bond acceptors (Lipinski definition) is 6. The Morgan fingerprint density at radius 2 is 1.84 bits per heavy atom. The molecule has 32 heavy (non-hydrogen) atoms. The average molecular weight is 433 g/mol. The molecule has 9 nitrogen and oxygen atoms in total. The van der Waals surface area contributed by atoms with Crippen LogP contribution in [0.5, 0.6) is 5.75 Å². The molecule has 0 unspecified atom stereocenters. The van der Waals surface area contributed by atoms with Gasteiger partial charge in [-0.25, -0.2) is 4.79 Å². The van der Waals surface area contributed by atoms with E-state index >= 15 is 0 Å². The lowest BCUT2D eigenvalue weighted by molar-refractivity contribution is -0.120. The molecule has 0 spiro atoms. The van der Waals surface area contributed by atoms with E-state index < -0.39 is 23.8 Å². The molecule has 0 saturated carbocycles. The van der Waals surface area contributed by atoms with Crippen molar-refractivity contribution in [2.24, 2.45) is 0 Å². The van der Waals surface area contributed by atoms with Crippen LogP contribution in [-0.2, 0) is 11.3 Å². The van der Waals surface area contributed by atoms with Crippen molar-refractivity contribution in [2.45, 2.75) is 19.9 Å². The molecule has 164 valence electrons. The summed E-state index contributed by atoms with van der Waals surface area (Å²) < 4.78 is 6.75. The lowest BCUT2D eigenvalue weighted by Crippen LogP contribution is -2.43. The maximum Gasteiger partial charge on any atom is 0.330 e. The molecule has 3 rings (SSSR count). The van der Waals surface area contributed by atoms with Gasteiger partial charge < -0.3 is 15.4 Å². The fraction of sp³-hybridized carbons (Fsp3) is 0.217. The van der Waals surface area contributed by atoms with Crippen molar-refractivity contribution in [3.63, 3.8) is 0 Å². The second-order valence-electron chi connectivity index (χ2n) is 7.01. The normalized spacial score (nSPS) is 10.4. The van der Waals surface area contributed by atoms with Gasteiger partial charge in [-0.3, -0.25) is 19.1 Å². The zero-order valence-electron chi connectivity index (χ0n) is 17.6. The molecule has 0 radical (unpaired) electrons. The van der Waals surface area contributed by atoms with Gasteiger partial charge in [-0.1, -0.05) is 49.4 Å². The van der Waals surface area contributed by atoms with Crippen LogP contribution in [0.2, 0.25) is 0 Å². The minimum atomic E-state index is -0.754. The summed E-state index contributed by atoms with van der Waals surface area (Å²) in [5.41, 5.74) is 5.79. The van der Waals surface area contributed by atoms with E-state index in [4.69, 9.17) is 10.5 Å². The highest BCUT2D eigenvalue weighted by molar-refractivity contribution is 5.96. The van der Waals surface area contributed by atoms with Crippen molar-refractivity contribution in [1.82, 2.24) is 9.55 Å². The smallest absolute Gasteiger partial charge is 0.330 e. The van der Waals surface area contributed by atoms with E-state index in [1.807, 2.05) is 43.3 Å². The number of para-hydroxylation sites is 1. The second kappa shape index (κ2) is 10.1. The molecule has 0 aliphatic rings. The summed E-state index contributed by atoms with van der Waals surface area (Å²) in [4.78, 5) is 41.5. The minimum absolute atomic E-state index is 0.107. The Hall–Kier alpha value is -4.32.